The quantitative estimate of drug-likeness (QED) is 0.411. The molecule has 0 aromatic heterocycles. The standard InChI is InChI=1S/C5H11NO2S.Ga.3H/c1-5(2,9)3(6)4(7)8;;;;/h3,9H,6H2,1-2H3,(H,7,8);;;;/t3-;;;;/m0..../s1. The van der Waals surface area contributed by atoms with Crippen molar-refractivity contribution in [2.45, 2.75) is 24.6 Å². The van der Waals surface area contributed by atoms with Gasteiger partial charge in [-0.2, -0.15) is 12.6 Å². The maximum absolute atomic E-state index is 10.2. The molecule has 0 radical (unpaired) electrons. The first-order valence-electron chi connectivity index (χ1n) is 2.56. The molecular formula is C5H14GaNO2S. The zero-order valence-corrected chi connectivity index (χ0v) is 6.35. The van der Waals surface area contributed by atoms with Crippen molar-refractivity contribution in [1.82, 2.24) is 0 Å². The van der Waals surface area contributed by atoms with Gasteiger partial charge in [0.2, 0.25) is 0 Å². The van der Waals surface area contributed by atoms with E-state index in [1.54, 1.807) is 13.8 Å². The van der Waals surface area contributed by atoms with Crippen molar-refractivity contribution in [3.8, 4) is 0 Å². The number of aliphatic carboxylic acids is 1. The van der Waals surface area contributed by atoms with Crippen LogP contribution in [0.4, 0.5) is 0 Å². The molecule has 0 amide bonds. The Morgan fingerprint density at radius 2 is 2.00 bits per heavy atom. The zero-order valence-electron chi connectivity index (χ0n) is 5.46. The molecule has 0 spiro atoms. The van der Waals surface area contributed by atoms with Crippen LogP contribution < -0.4 is 5.73 Å². The Balaban J connectivity index is 0. The van der Waals surface area contributed by atoms with Gasteiger partial charge in [0.15, 0.2) is 0 Å². The monoisotopic (exact) mass is 221 g/mol. The van der Waals surface area contributed by atoms with Crippen LogP contribution in [0.1, 0.15) is 13.8 Å². The summed E-state index contributed by atoms with van der Waals surface area (Å²) in [5.74, 6) is -1.02. The Labute approximate surface area is 78.8 Å². The summed E-state index contributed by atoms with van der Waals surface area (Å²) in [4.78, 5) is 10.2. The summed E-state index contributed by atoms with van der Waals surface area (Å²) >= 11 is 3.98. The number of hydrogen-bond acceptors (Lipinski definition) is 3. The predicted molar refractivity (Wildman–Crippen MR) is 48.6 cm³/mol. The molecule has 3 nitrogen and oxygen atoms in total. The summed E-state index contributed by atoms with van der Waals surface area (Å²) < 4.78 is -0.647. The molecule has 5 heteroatoms. The fourth-order valence-corrected chi connectivity index (χ4v) is 0.413. The number of thiol groups is 1. The summed E-state index contributed by atoms with van der Waals surface area (Å²) in [7, 11) is 0. The molecule has 10 heavy (non-hydrogen) atoms. The van der Waals surface area contributed by atoms with Gasteiger partial charge >= 0.3 is 25.8 Å². The first-order valence-corrected chi connectivity index (χ1v) is 3.01. The molecule has 0 saturated heterocycles. The Bertz CT molecular complexity index is 123. The topological polar surface area (TPSA) is 63.3 Å². The molecule has 1 atom stereocenters. The fraction of sp³-hybridized carbons (Fsp3) is 0.800. The second-order valence-electron chi connectivity index (χ2n) is 2.47. The molecular weight excluding hydrogens is 208 g/mol. The molecule has 0 aliphatic heterocycles. The minimum atomic E-state index is -1.02. The fourth-order valence-electron chi connectivity index (χ4n) is 0.302. The predicted octanol–water partition coefficient (Wildman–Crippen LogP) is -1.08. The van der Waals surface area contributed by atoms with Crippen LogP contribution >= 0.6 is 12.6 Å². The molecule has 60 valence electrons. The second kappa shape index (κ2) is 4.33. The van der Waals surface area contributed by atoms with Crippen molar-refractivity contribution >= 4 is 38.4 Å². The molecule has 0 aliphatic rings. The van der Waals surface area contributed by atoms with Crippen molar-refractivity contribution in [2.24, 2.45) is 5.73 Å². The number of carboxylic acids is 1. The number of carboxylic acid groups (broad SMARTS) is 1. The van der Waals surface area contributed by atoms with E-state index in [4.69, 9.17) is 10.8 Å². The van der Waals surface area contributed by atoms with Gasteiger partial charge in [0.05, 0.1) is 0 Å². The van der Waals surface area contributed by atoms with Crippen LogP contribution in [-0.2, 0) is 4.79 Å². The van der Waals surface area contributed by atoms with Crippen LogP contribution in [0, 0.1) is 0 Å². The summed E-state index contributed by atoms with van der Waals surface area (Å²) in [5, 5.41) is 8.34. The van der Waals surface area contributed by atoms with Crippen molar-refractivity contribution in [3.63, 3.8) is 0 Å². The van der Waals surface area contributed by atoms with Crippen LogP contribution in [0.2, 0.25) is 0 Å². The number of carbonyl (C=O) groups is 1. The van der Waals surface area contributed by atoms with Crippen molar-refractivity contribution < 1.29 is 9.90 Å². The molecule has 0 bridgehead atoms. The van der Waals surface area contributed by atoms with E-state index in [1.165, 1.54) is 0 Å². The second-order valence-corrected chi connectivity index (χ2v) is 3.62. The van der Waals surface area contributed by atoms with Gasteiger partial charge in [-0.15, -0.1) is 0 Å². The van der Waals surface area contributed by atoms with E-state index in [-0.39, 0.29) is 19.8 Å². The zero-order chi connectivity index (χ0) is 7.65. The van der Waals surface area contributed by atoms with Gasteiger partial charge in [0.25, 0.3) is 0 Å². The van der Waals surface area contributed by atoms with Crippen LogP contribution in [0.25, 0.3) is 0 Å². The molecule has 0 rings (SSSR count). The van der Waals surface area contributed by atoms with E-state index in [1.807, 2.05) is 0 Å². The summed E-state index contributed by atoms with van der Waals surface area (Å²) in [6, 6.07) is -0.902. The maximum atomic E-state index is 10.2. The van der Waals surface area contributed by atoms with Crippen molar-refractivity contribution in [1.29, 1.82) is 0 Å². The molecule has 3 N–H and O–H groups in total. The van der Waals surface area contributed by atoms with Crippen LogP contribution in [0.5, 0.6) is 0 Å². The van der Waals surface area contributed by atoms with Gasteiger partial charge < -0.3 is 10.8 Å². The molecule has 0 aliphatic carbocycles. The molecule has 0 aromatic rings. The van der Waals surface area contributed by atoms with Crippen LogP contribution in [0.3, 0.4) is 0 Å². The Kier molecular flexibility index (Phi) is 5.64. The number of rotatable bonds is 2. The third-order valence-corrected chi connectivity index (χ3v) is 1.31. The van der Waals surface area contributed by atoms with Gasteiger partial charge in [-0.05, 0) is 13.8 Å². The van der Waals surface area contributed by atoms with E-state index in [0.29, 0.717) is 0 Å². The summed E-state index contributed by atoms with van der Waals surface area (Å²) in [5.41, 5.74) is 5.22. The Hall–Kier alpha value is 0.416. The third-order valence-electron chi connectivity index (χ3n) is 1.03. The van der Waals surface area contributed by atoms with Crippen LogP contribution in [0.15, 0.2) is 0 Å². The average Bonchev–Trinajstić information content (AvgIpc) is 1.62. The molecule has 0 aromatic carbocycles. The number of hydrogen-bond donors (Lipinski definition) is 3. The number of nitrogens with two attached hydrogens (primary N) is 1. The van der Waals surface area contributed by atoms with E-state index in [2.05, 4.69) is 12.6 Å². The van der Waals surface area contributed by atoms with Gasteiger partial charge in [-0.25, -0.2) is 0 Å². The van der Waals surface area contributed by atoms with Crippen molar-refractivity contribution in [3.05, 3.63) is 0 Å². The average molecular weight is 222 g/mol. The van der Waals surface area contributed by atoms with Crippen LogP contribution in [-0.4, -0.2) is 41.7 Å². The van der Waals surface area contributed by atoms with Gasteiger partial charge in [-0.3, -0.25) is 4.79 Å². The summed E-state index contributed by atoms with van der Waals surface area (Å²) in [6.45, 7) is 3.32. The normalized spacial score (nSPS) is 13.6. The van der Waals surface area contributed by atoms with E-state index >= 15 is 0 Å². The molecule has 0 saturated carbocycles. The van der Waals surface area contributed by atoms with Crippen molar-refractivity contribution in [2.75, 3.05) is 0 Å². The first-order chi connectivity index (χ1) is 3.85. The Morgan fingerprint density at radius 1 is 1.70 bits per heavy atom. The first kappa shape index (κ1) is 13.0. The third kappa shape index (κ3) is 4.27. The molecule has 0 heterocycles. The SMILES string of the molecule is CC(C)(S)[C@@H](N)C(=O)O.[GaH3]. The minimum absolute atomic E-state index is 0. The van der Waals surface area contributed by atoms with Gasteiger partial charge in [-0.1, -0.05) is 0 Å². The summed E-state index contributed by atoms with van der Waals surface area (Å²) in [6.07, 6.45) is 0. The molecule has 0 fully saturated rings. The van der Waals surface area contributed by atoms with E-state index < -0.39 is 16.8 Å². The Morgan fingerprint density at radius 3 is 2.00 bits per heavy atom. The molecule has 0 unspecified atom stereocenters. The van der Waals surface area contributed by atoms with Gasteiger partial charge in [0.1, 0.15) is 6.04 Å². The van der Waals surface area contributed by atoms with Gasteiger partial charge in [0, 0.05) is 4.75 Å². The van der Waals surface area contributed by atoms with E-state index in [9.17, 15) is 4.79 Å². The van der Waals surface area contributed by atoms with E-state index in [0.717, 1.165) is 0 Å².